The summed E-state index contributed by atoms with van der Waals surface area (Å²) in [6.07, 6.45) is 1.91. The molecule has 0 saturated carbocycles. The zero-order valence-corrected chi connectivity index (χ0v) is 11.9. The summed E-state index contributed by atoms with van der Waals surface area (Å²) in [7, 11) is 0. The fourth-order valence-electron chi connectivity index (χ4n) is 1.58. The molecule has 0 saturated heterocycles. The Kier molecular flexibility index (Phi) is 4.38. The molecule has 5 heteroatoms. The number of anilines is 1. The van der Waals surface area contributed by atoms with Crippen LogP contribution in [-0.4, -0.2) is 22.9 Å². The summed E-state index contributed by atoms with van der Waals surface area (Å²) < 4.78 is 0. The molecule has 0 unspecified atom stereocenters. The summed E-state index contributed by atoms with van der Waals surface area (Å²) in [6, 6.07) is 7.77. The number of thioether (sulfide) groups is 1. The van der Waals surface area contributed by atoms with Gasteiger partial charge in [-0.15, -0.1) is 11.3 Å². The van der Waals surface area contributed by atoms with Gasteiger partial charge in [0.05, 0.1) is 16.5 Å². The van der Waals surface area contributed by atoms with Crippen LogP contribution in [0.15, 0.2) is 29.6 Å². The average Bonchev–Trinajstić information content (AvgIpc) is 2.76. The minimum atomic E-state index is 0.0223. The molecular weight excluding hydrogens is 264 g/mol. The maximum Gasteiger partial charge on any atom is 0.234 e. The number of aryl methyl sites for hydroxylation is 1. The van der Waals surface area contributed by atoms with E-state index in [0.29, 0.717) is 5.75 Å². The maximum atomic E-state index is 11.5. The van der Waals surface area contributed by atoms with E-state index in [-0.39, 0.29) is 5.91 Å². The Morgan fingerprint density at radius 3 is 3.00 bits per heavy atom. The topological polar surface area (TPSA) is 42.0 Å². The van der Waals surface area contributed by atoms with Crippen LogP contribution in [0.25, 0.3) is 11.3 Å². The van der Waals surface area contributed by atoms with Gasteiger partial charge >= 0.3 is 0 Å². The Hall–Kier alpha value is -1.33. The highest BCUT2D eigenvalue weighted by molar-refractivity contribution is 7.99. The Bertz CT molecular complexity index is 551. The molecule has 94 valence electrons. The minimum absolute atomic E-state index is 0.0223. The molecule has 2 rings (SSSR count). The number of thiazole rings is 1. The number of nitrogens with one attached hydrogen (secondary N) is 1. The van der Waals surface area contributed by atoms with Crippen molar-refractivity contribution in [3.8, 4) is 11.3 Å². The molecular formula is C13H14N2OS2. The second kappa shape index (κ2) is 6.02. The molecule has 3 nitrogen and oxygen atoms in total. The standard InChI is InChI=1S/C13H14N2OS2/c1-9-14-12(7-18-9)10-4-3-5-11(6-10)15-13(16)8-17-2/h3-7H,8H2,1-2H3,(H,15,16). The van der Waals surface area contributed by atoms with E-state index in [2.05, 4.69) is 10.3 Å². The monoisotopic (exact) mass is 278 g/mol. The number of carbonyl (C=O) groups excluding carboxylic acids is 1. The van der Waals surface area contributed by atoms with Crippen molar-refractivity contribution in [2.45, 2.75) is 6.92 Å². The summed E-state index contributed by atoms with van der Waals surface area (Å²) in [6.45, 7) is 1.98. The smallest absolute Gasteiger partial charge is 0.234 e. The molecule has 0 fully saturated rings. The van der Waals surface area contributed by atoms with Crippen LogP contribution < -0.4 is 5.32 Å². The maximum absolute atomic E-state index is 11.5. The minimum Gasteiger partial charge on any atom is -0.325 e. The number of hydrogen-bond donors (Lipinski definition) is 1. The first kappa shape index (κ1) is 13.1. The molecule has 0 atom stereocenters. The molecule has 0 aliphatic carbocycles. The van der Waals surface area contributed by atoms with Gasteiger partial charge in [-0.25, -0.2) is 4.98 Å². The zero-order valence-electron chi connectivity index (χ0n) is 10.3. The predicted octanol–water partition coefficient (Wildman–Crippen LogP) is 3.42. The molecule has 1 amide bonds. The molecule has 1 aromatic carbocycles. The van der Waals surface area contributed by atoms with Gasteiger partial charge in [0.2, 0.25) is 5.91 Å². The fourth-order valence-corrected chi connectivity index (χ4v) is 2.54. The molecule has 0 aliphatic heterocycles. The molecule has 18 heavy (non-hydrogen) atoms. The highest BCUT2D eigenvalue weighted by Gasteiger charge is 2.05. The Morgan fingerprint density at radius 2 is 2.33 bits per heavy atom. The summed E-state index contributed by atoms with van der Waals surface area (Å²) in [4.78, 5) is 16.0. The summed E-state index contributed by atoms with van der Waals surface area (Å²) in [5.74, 6) is 0.495. The van der Waals surface area contributed by atoms with E-state index in [9.17, 15) is 4.79 Å². The van der Waals surface area contributed by atoms with Crippen molar-refractivity contribution >= 4 is 34.7 Å². The van der Waals surface area contributed by atoms with Gasteiger partial charge in [-0.05, 0) is 25.3 Å². The average molecular weight is 278 g/mol. The lowest BCUT2D eigenvalue weighted by molar-refractivity contribution is -0.113. The lowest BCUT2D eigenvalue weighted by Crippen LogP contribution is -2.13. The van der Waals surface area contributed by atoms with Crippen LogP contribution in [-0.2, 0) is 4.79 Å². The number of amides is 1. The van der Waals surface area contributed by atoms with E-state index < -0.39 is 0 Å². The van der Waals surface area contributed by atoms with Crippen molar-refractivity contribution in [2.75, 3.05) is 17.3 Å². The number of rotatable bonds is 4. The summed E-state index contributed by atoms with van der Waals surface area (Å²) >= 11 is 3.14. The quantitative estimate of drug-likeness (QED) is 0.931. The van der Waals surface area contributed by atoms with Crippen molar-refractivity contribution in [1.29, 1.82) is 0 Å². The van der Waals surface area contributed by atoms with Gasteiger partial charge in [-0.2, -0.15) is 11.8 Å². The molecule has 1 aromatic heterocycles. The Balaban J connectivity index is 2.17. The van der Waals surface area contributed by atoms with Gasteiger partial charge in [-0.1, -0.05) is 12.1 Å². The fraction of sp³-hybridized carbons (Fsp3) is 0.231. The van der Waals surface area contributed by atoms with E-state index in [1.807, 2.05) is 42.8 Å². The van der Waals surface area contributed by atoms with E-state index >= 15 is 0 Å². The summed E-state index contributed by atoms with van der Waals surface area (Å²) in [5, 5.41) is 5.94. The van der Waals surface area contributed by atoms with Crippen LogP contribution in [0.4, 0.5) is 5.69 Å². The number of carbonyl (C=O) groups is 1. The van der Waals surface area contributed by atoms with E-state index in [1.54, 1.807) is 11.3 Å². The molecule has 0 radical (unpaired) electrons. The normalized spacial score (nSPS) is 10.3. The van der Waals surface area contributed by atoms with Crippen LogP contribution in [0.5, 0.6) is 0 Å². The first-order valence-electron chi connectivity index (χ1n) is 5.50. The van der Waals surface area contributed by atoms with Crippen LogP contribution in [0.1, 0.15) is 5.01 Å². The first-order chi connectivity index (χ1) is 8.69. The number of hydrogen-bond acceptors (Lipinski definition) is 4. The van der Waals surface area contributed by atoms with Gasteiger partial charge in [0, 0.05) is 16.6 Å². The van der Waals surface area contributed by atoms with E-state index in [1.165, 1.54) is 11.8 Å². The SMILES string of the molecule is CSCC(=O)Nc1cccc(-c2csc(C)n2)c1. The highest BCUT2D eigenvalue weighted by atomic mass is 32.2. The lowest BCUT2D eigenvalue weighted by atomic mass is 10.1. The second-order valence-electron chi connectivity index (χ2n) is 3.81. The zero-order chi connectivity index (χ0) is 13.0. The number of aromatic nitrogens is 1. The van der Waals surface area contributed by atoms with E-state index in [0.717, 1.165) is 22.0 Å². The lowest BCUT2D eigenvalue weighted by Gasteiger charge is -2.05. The first-order valence-corrected chi connectivity index (χ1v) is 7.78. The third-order valence-corrected chi connectivity index (χ3v) is 3.66. The van der Waals surface area contributed by atoms with Crippen LogP contribution in [0.3, 0.4) is 0 Å². The van der Waals surface area contributed by atoms with Crippen LogP contribution in [0.2, 0.25) is 0 Å². The Morgan fingerprint density at radius 1 is 1.50 bits per heavy atom. The van der Waals surface area contributed by atoms with Crippen molar-refractivity contribution in [3.63, 3.8) is 0 Å². The van der Waals surface area contributed by atoms with Gasteiger partial charge in [0.15, 0.2) is 0 Å². The predicted molar refractivity (Wildman–Crippen MR) is 79.3 cm³/mol. The molecule has 0 aliphatic rings. The highest BCUT2D eigenvalue weighted by Crippen LogP contribution is 2.24. The van der Waals surface area contributed by atoms with Gasteiger partial charge in [-0.3, -0.25) is 4.79 Å². The molecule has 1 N–H and O–H groups in total. The number of benzene rings is 1. The van der Waals surface area contributed by atoms with E-state index in [4.69, 9.17) is 0 Å². The second-order valence-corrected chi connectivity index (χ2v) is 5.74. The van der Waals surface area contributed by atoms with Crippen LogP contribution in [0, 0.1) is 6.92 Å². The van der Waals surface area contributed by atoms with Gasteiger partial charge in [0.1, 0.15) is 0 Å². The number of nitrogens with zero attached hydrogens (tertiary/aromatic N) is 1. The third kappa shape index (κ3) is 3.34. The molecule has 0 bridgehead atoms. The third-order valence-electron chi connectivity index (χ3n) is 2.34. The van der Waals surface area contributed by atoms with Gasteiger partial charge < -0.3 is 5.32 Å². The van der Waals surface area contributed by atoms with Crippen molar-refractivity contribution in [2.24, 2.45) is 0 Å². The van der Waals surface area contributed by atoms with Crippen molar-refractivity contribution < 1.29 is 4.79 Å². The molecule has 2 aromatic rings. The van der Waals surface area contributed by atoms with Gasteiger partial charge in [0.25, 0.3) is 0 Å². The van der Waals surface area contributed by atoms with Crippen LogP contribution >= 0.6 is 23.1 Å². The summed E-state index contributed by atoms with van der Waals surface area (Å²) in [5.41, 5.74) is 2.80. The molecule has 1 heterocycles. The largest absolute Gasteiger partial charge is 0.325 e. The van der Waals surface area contributed by atoms with Crippen molar-refractivity contribution in [1.82, 2.24) is 4.98 Å². The Labute approximate surface area is 115 Å². The van der Waals surface area contributed by atoms with Crippen molar-refractivity contribution in [3.05, 3.63) is 34.7 Å². The molecule has 0 spiro atoms.